The third-order valence-electron chi connectivity index (χ3n) is 3.10. The molecule has 0 radical (unpaired) electrons. The lowest BCUT2D eigenvalue weighted by atomic mass is 10.2. The number of rotatable bonds is 7. The molecule has 0 atom stereocenters. The van der Waals surface area contributed by atoms with Crippen LogP contribution in [-0.4, -0.2) is 46.9 Å². The molecular weight excluding hydrogens is 384 g/mol. The number of halogens is 1. The fourth-order valence-corrected chi connectivity index (χ4v) is 2.91. The average Bonchev–Trinajstić information content (AvgIpc) is 2.49. The molecule has 0 spiro atoms. The second-order valence-corrected chi connectivity index (χ2v) is 6.97. The van der Waals surface area contributed by atoms with Gasteiger partial charge in [0.1, 0.15) is 0 Å². The normalized spacial score (nSPS) is 11.1. The summed E-state index contributed by atoms with van der Waals surface area (Å²) >= 11 is 5.87. The van der Waals surface area contributed by atoms with Crippen molar-refractivity contribution in [3.63, 3.8) is 0 Å². The lowest BCUT2D eigenvalue weighted by Gasteiger charge is -2.10. The van der Waals surface area contributed by atoms with E-state index in [2.05, 4.69) is 30.9 Å². The minimum atomic E-state index is -4.29. The highest BCUT2D eigenvalue weighted by Crippen LogP contribution is 2.22. The average molecular weight is 401 g/mol. The van der Waals surface area contributed by atoms with Gasteiger partial charge in [-0.15, -0.1) is 0 Å². The third kappa shape index (κ3) is 5.79. The summed E-state index contributed by atoms with van der Waals surface area (Å²) in [6.07, 6.45) is 0. The second kappa shape index (κ2) is 8.25. The first kappa shape index (κ1) is 19.8. The highest BCUT2D eigenvalue weighted by atomic mass is 35.5. The lowest BCUT2D eigenvalue weighted by Crippen LogP contribution is -2.26. The van der Waals surface area contributed by atoms with Gasteiger partial charge in [0.2, 0.25) is 23.1 Å². The quantitative estimate of drug-likeness (QED) is 0.399. The van der Waals surface area contributed by atoms with Gasteiger partial charge in [-0.3, -0.25) is 9.35 Å². The predicted molar refractivity (Wildman–Crippen MR) is 96.3 cm³/mol. The molecule has 0 fully saturated rings. The summed E-state index contributed by atoms with van der Waals surface area (Å²) in [5.74, 6) is 0.210. The van der Waals surface area contributed by atoms with E-state index >= 15 is 0 Å². The van der Waals surface area contributed by atoms with Crippen LogP contribution in [0.5, 0.6) is 0 Å². The maximum Gasteiger partial charge on any atom is 0.294 e. The summed E-state index contributed by atoms with van der Waals surface area (Å²) in [7, 11) is -4.29. The molecule has 2 rings (SSSR count). The van der Waals surface area contributed by atoms with Gasteiger partial charge in [0.15, 0.2) is 0 Å². The van der Waals surface area contributed by atoms with Crippen LogP contribution in [0.25, 0.3) is 0 Å². The molecule has 0 unspecified atom stereocenters. The zero-order chi connectivity index (χ0) is 19.3. The Bertz CT molecular complexity index is 922. The number of carbonyl (C=O) groups excluding carboxylic acids is 1. The molecule has 12 heteroatoms. The highest BCUT2D eigenvalue weighted by Gasteiger charge is 2.13. The molecule has 1 aromatic carbocycles. The highest BCUT2D eigenvalue weighted by molar-refractivity contribution is 7.85. The summed E-state index contributed by atoms with van der Waals surface area (Å²) < 4.78 is 31.6. The number of anilines is 3. The zero-order valence-corrected chi connectivity index (χ0v) is 15.5. The van der Waals surface area contributed by atoms with E-state index in [-0.39, 0.29) is 28.0 Å². The SMILES string of the molecule is CC(=O)NCCNc1nc(Cl)nc(Nc2ccc(S(=O)(=O)O)c(C)c2)n1. The van der Waals surface area contributed by atoms with E-state index in [0.29, 0.717) is 24.3 Å². The molecule has 2 aromatic rings. The van der Waals surface area contributed by atoms with Gasteiger partial charge in [-0.05, 0) is 42.3 Å². The van der Waals surface area contributed by atoms with E-state index in [1.807, 2.05) is 0 Å². The van der Waals surface area contributed by atoms with Crippen molar-refractivity contribution in [2.24, 2.45) is 0 Å². The van der Waals surface area contributed by atoms with Crippen LogP contribution in [0.1, 0.15) is 12.5 Å². The van der Waals surface area contributed by atoms with E-state index in [0.717, 1.165) is 0 Å². The number of amides is 1. The first-order valence-electron chi connectivity index (χ1n) is 7.40. The van der Waals surface area contributed by atoms with Crippen LogP contribution in [0, 0.1) is 6.92 Å². The van der Waals surface area contributed by atoms with E-state index in [9.17, 15) is 13.2 Å². The van der Waals surface area contributed by atoms with Crippen molar-refractivity contribution in [1.82, 2.24) is 20.3 Å². The Morgan fingerprint density at radius 2 is 1.88 bits per heavy atom. The Labute approximate surface area is 155 Å². The van der Waals surface area contributed by atoms with E-state index in [4.69, 9.17) is 16.2 Å². The molecule has 1 aromatic heterocycles. The minimum Gasteiger partial charge on any atom is -0.355 e. The number of nitrogens with zero attached hydrogens (tertiary/aromatic N) is 3. The van der Waals surface area contributed by atoms with Gasteiger partial charge in [0, 0.05) is 25.7 Å². The molecule has 1 amide bonds. The first-order chi connectivity index (χ1) is 12.1. The van der Waals surface area contributed by atoms with Gasteiger partial charge >= 0.3 is 0 Å². The van der Waals surface area contributed by atoms with Crippen LogP contribution < -0.4 is 16.0 Å². The van der Waals surface area contributed by atoms with Crippen LogP contribution in [0.3, 0.4) is 0 Å². The van der Waals surface area contributed by atoms with Crippen molar-refractivity contribution < 1.29 is 17.8 Å². The number of hydrogen-bond acceptors (Lipinski definition) is 8. The summed E-state index contributed by atoms with van der Waals surface area (Å²) in [5, 5.41) is 8.35. The Kier molecular flexibility index (Phi) is 6.29. The van der Waals surface area contributed by atoms with Crippen molar-refractivity contribution in [3.05, 3.63) is 29.0 Å². The monoisotopic (exact) mass is 400 g/mol. The van der Waals surface area contributed by atoms with Crippen LogP contribution in [-0.2, 0) is 14.9 Å². The Balaban J connectivity index is 2.12. The third-order valence-corrected chi connectivity index (χ3v) is 4.28. The zero-order valence-electron chi connectivity index (χ0n) is 13.9. The predicted octanol–water partition coefficient (Wildman–Crippen LogP) is 1.37. The van der Waals surface area contributed by atoms with Crippen LogP contribution in [0.15, 0.2) is 23.1 Å². The summed E-state index contributed by atoms with van der Waals surface area (Å²) in [5.41, 5.74) is 0.854. The standard InChI is InChI=1S/C14H17ClN6O4S/c1-8-7-10(3-4-11(8)26(23,24)25)18-14-20-12(15)19-13(21-14)17-6-5-16-9(2)22/h3-4,7H,5-6H2,1-2H3,(H,16,22)(H,23,24,25)(H2,17,18,19,20,21). The molecule has 10 nitrogen and oxygen atoms in total. The number of aryl methyl sites for hydroxylation is 1. The Morgan fingerprint density at radius 3 is 2.50 bits per heavy atom. The molecule has 4 N–H and O–H groups in total. The van der Waals surface area contributed by atoms with Crippen molar-refractivity contribution in [1.29, 1.82) is 0 Å². The second-order valence-electron chi connectivity index (χ2n) is 5.24. The van der Waals surface area contributed by atoms with E-state index in [1.165, 1.54) is 25.1 Å². The molecule has 1 heterocycles. The van der Waals surface area contributed by atoms with Gasteiger partial charge in [-0.1, -0.05) is 0 Å². The largest absolute Gasteiger partial charge is 0.355 e. The molecule has 0 aliphatic heterocycles. The first-order valence-corrected chi connectivity index (χ1v) is 9.22. The van der Waals surface area contributed by atoms with Gasteiger partial charge < -0.3 is 16.0 Å². The summed E-state index contributed by atoms with van der Waals surface area (Å²) in [6.45, 7) is 3.74. The summed E-state index contributed by atoms with van der Waals surface area (Å²) in [4.78, 5) is 22.6. The minimum absolute atomic E-state index is 0.0456. The molecular formula is C14H17ClN6O4S. The van der Waals surface area contributed by atoms with Crippen LogP contribution in [0.4, 0.5) is 17.6 Å². The van der Waals surface area contributed by atoms with E-state index < -0.39 is 10.1 Å². The number of benzene rings is 1. The van der Waals surface area contributed by atoms with Crippen molar-refractivity contribution in [2.45, 2.75) is 18.7 Å². The molecule has 26 heavy (non-hydrogen) atoms. The van der Waals surface area contributed by atoms with Crippen molar-refractivity contribution in [2.75, 3.05) is 23.7 Å². The Morgan fingerprint density at radius 1 is 1.19 bits per heavy atom. The van der Waals surface area contributed by atoms with Crippen LogP contribution in [0.2, 0.25) is 5.28 Å². The van der Waals surface area contributed by atoms with Gasteiger partial charge in [-0.25, -0.2) is 0 Å². The van der Waals surface area contributed by atoms with Crippen molar-refractivity contribution >= 4 is 45.2 Å². The summed E-state index contributed by atoms with van der Waals surface area (Å²) in [6, 6.07) is 4.24. The Hall–Kier alpha value is -2.50. The molecule has 0 aliphatic carbocycles. The van der Waals surface area contributed by atoms with E-state index in [1.54, 1.807) is 6.92 Å². The van der Waals surface area contributed by atoms with Gasteiger partial charge in [0.05, 0.1) is 4.90 Å². The smallest absolute Gasteiger partial charge is 0.294 e. The van der Waals surface area contributed by atoms with Gasteiger partial charge in [-0.2, -0.15) is 23.4 Å². The van der Waals surface area contributed by atoms with Crippen LogP contribution >= 0.6 is 11.6 Å². The molecule has 0 saturated carbocycles. The molecule has 140 valence electrons. The lowest BCUT2D eigenvalue weighted by molar-refractivity contribution is -0.118. The maximum atomic E-state index is 11.2. The number of carbonyl (C=O) groups is 1. The molecule has 0 aliphatic rings. The number of hydrogen-bond donors (Lipinski definition) is 4. The molecule has 0 saturated heterocycles. The fourth-order valence-electron chi connectivity index (χ4n) is 2.04. The number of aromatic nitrogens is 3. The van der Waals surface area contributed by atoms with Gasteiger partial charge in [0.25, 0.3) is 10.1 Å². The van der Waals surface area contributed by atoms with Crippen molar-refractivity contribution in [3.8, 4) is 0 Å². The fraction of sp³-hybridized carbons (Fsp3) is 0.286. The topological polar surface area (TPSA) is 146 Å². The number of nitrogens with one attached hydrogen (secondary N) is 3. The molecule has 0 bridgehead atoms. The maximum absolute atomic E-state index is 11.2.